The quantitative estimate of drug-likeness (QED) is 0.561. The minimum absolute atomic E-state index is 0.613. The maximum absolute atomic E-state index is 10.1. The van der Waals surface area contributed by atoms with Crippen LogP contribution in [0, 0.1) is 0 Å². The largest absolute Gasteiger partial charge is 0.493 e. The average molecular weight is 223 g/mol. The maximum atomic E-state index is 10.1. The van der Waals surface area contributed by atoms with Gasteiger partial charge in [-0.05, 0) is 31.0 Å². The lowest BCUT2D eigenvalue weighted by Gasteiger charge is -2.10. The van der Waals surface area contributed by atoms with Crippen LogP contribution in [0.15, 0.2) is 18.2 Å². The first-order valence-corrected chi connectivity index (χ1v) is 5.28. The summed E-state index contributed by atoms with van der Waals surface area (Å²) in [6, 6.07) is 5.79. The molecule has 1 aromatic rings. The Kier molecular flexibility index (Phi) is 5.19. The van der Waals surface area contributed by atoms with Crippen molar-refractivity contribution in [1.29, 1.82) is 0 Å². The van der Waals surface area contributed by atoms with E-state index in [0.717, 1.165) is 23.5 Å². The Hall–Kier alpha value is -1.71. The molecule has 1 amide bonds. The summed E-state index contributed by atoms with van der Waals surface area (Å²) in [6.45, 7) is 3.17. The second kappa shape index (κ2) is 6.71. The highest BCUT2D eigenvalue weighted by Crippen LogP contribution is 2.27. The van der Waals surface area contributed by atoms with Crippen molar-refractivity contribution < 1.29 is 14.3 Å². The van der Waals surface area contributed by atoms with Crippen molar-refractivity contribution in [3.8, 4) is 11.5 Å². The van der Waals surface area contributed by atoms with Crippen LogP contribution in [0.3, 0.4) is 0 Å². The number of amides is 1. The number of carbonyl (C=O) groups excluding carboxylic acids is 1. The molecule has 0 saturated carbocycles. The molecule has 16 heavy (non-hydrogen) atoms. The van der Waals surface area contributed by atoms with Crippen LogP contribution in [0.25, 0.3) is 0 Å². The van der Waals surface area contributed by atoms with Crippen LogP contribution in [-0.4, -0.2) is 26.7 Å². The lowest BCUT2D eigenvalue weighted by atomic mass is 10.1. The van der Waals surface area contributed by atoms with Crippen LogP contribution in [0.1, 0.15) is 12.5 Å². The molecule has 0 radical (unpaired) electrons. The summed E-state index contributed by atoms with van der Waals surface area (Å²) in [5.41, 5.74) is 1.11. The standard InChI is InChI=1S/C12H17NO3/c1-3-16-11-5-4-10(6-7-13-9-14)8-12(11)15-2/h4-5,8-9H,3,6-7H2,1-2H3,(H,13,14). The van der Waals surface area contributed by atoms with Gasteiger partial charge in [-0.25, -0.2) is 0 Å². The molecule has 0 heterocycles. The summed E-state index contributed by atoms with van der Waals surface area (Å²) >= 11 is 0. The van der Waals surface area contributed by atoms with Gasteiger partial charge in [-0.2, -0.15) is 0 Å². The Morgan fingerprint density at radius 1 is 1.38 bits per heavy atom. The molecule has 0 bridgehead atoms. The van der Waals surface area contributed by atoms with Crippen LogP contribution in [0.4, 0.5) is 0 Å². The van der Waals surface area contributed by atoms with Gasteiger partial charge < -0.3 is 14.8 Å². The van der Waals surface area contributed by atoms with Crippen LogP contribution < -0.4 is 14.8 Å². The average Bonchev–Trinajstić information content (AvgIpc) is 2.31. The van der Waals surface area contributed by atoms with Gasteiger partial charge in [0, 0.05) is 6.54 Å². The molecule has 0 unspecified atom stereocenters. The second-order valence-electron chi connectivity index (χ2n) is 3.24. The minimum Gasteiger partial charge on any atom is -0.493 e. The zero-order valence-electron chi connectivity index (χ0n) is 9.66. The third kappa shape index (κ3) is 3.46. The molecule has 88 valence electrons. The van der Waals surface area contributed by atoms with Gasteiger partial charge in [-0.3, -0.25) is 4.79 Å². The molecule has 1 N–H and O–H groups in total. The van der Waals surface area contributed by atoms with E-state index in [0.29, 0.717) is 19.6 Å². The van der Waals surface area contributed by atoms with E-state index < -0.39 is 0 Å². The predicted molar refractivity (Wildman–Crippen MR) is 61.9 cm³/mol. The molecule has 0 aliphatic carbocycles. The van der Waals surface area contributed by atoms with E-state index in [2.05, 4.69) is 5.32 Å². The third-order valence-electron chi connectivity index (χ3n) is 2.17. The lowest BCUT2D eigenvalue weighted by Crippen LogP contribution is -2.14. The van der Waals surface area contributed by atoms with E-state index >= 15 is 0 Å². The summed E-state index contributed by atoms with van der Waals surface area (Å²) in [4.78, 5) is 10.1. The summed E-state index contributed by atoms with van der Waals surface area (Å²) in [5, 5.41) is 2.62. The maximum Gasteiger partial charge on any atom is 0.207 e. The van der Waals surface area contributed by atoms with Gasteiger partial charge >= 0.3 is 0 Å². The molecular formula is C12H17NO3. The number of nitrogens with one attached hydrogen (secondary N) is 1. The molecule has 4 heteroatoms. The topological polar surface area (TPSA) is 47.6 Å². The zero-order valence-corrected chi connectivity index (χ0v) is 9.66. The van der Waals surface area contributed by atoms with Gasteiger partial charge in [0.25, 0.3) is 0 Å². The fraction of sp³-hybridized carbons (Fsp3) is 0.417. The van der Waals surface area contributed by atoms with Gasteiger partial charge in [0.2, 0.25) is 6.41 Å². The van der Waals surface area contributed by atoms with Crippen LogP contribution >= 0.6 is 0 Å². The van der Waals surface area contributed by atoms with Crippen LogP contribution in [0.5, 0.6) is 11.5 Å². The number of hydrogen-bond donors (Lipinski definition) is 1. The van der Waals surface area contributed by atoms with E-state index in [1.54, 1.807) is 7.11 Å². The van der Waals surface area contributed by atoms with Crippen molar-refractivity contribution in [1.82, 2.24) is 5.32 Å². The molecular weight excluding hydrogens is 206 g/mol. The highest BCUT2D eigenvalue weighted by Gasteiger charge is 2.04. The van der Waals surface area contributed by atoms with Crippen LogP contribution in [-0.2, 0) is 11.2 Å². The summed E-state index contributed by atoms with van der Waals surface area (Å²) < 4.78 is 10.6. The monoisotopic (exact) mass is 223 g/mol. The summed E-state index contributed by atoms with van der Waals surface area (Å²) in [6.07, 6.45) is 1.48. The number of methoxy groups -OCH3 is 1. The number of hydrogen-bond acceptors (Lipinski definition) is 3. The molecule has 0 atom stereocenters. The molecule has 0 aromatic heterocycles. The fourth-order valence-corrected chi connectivity index (χ4v) is 1.42. The predicted octanol–water partition coefficient (Wildman–Crippen LogP) is 1.38. The van der Waals surface area contributed by atoms with Crippen molar-refractivity contribution in [2.24, 2.45) is 0 Å². The van der Waals surface area contributed by atoms with Gasteiger partial charge in [-0.1, -0.05) is 6.07 Å². The first-order valence-electron chi connectivity index (χ1n) is 5.28. The minimum atomic E-state index is 0.613. The Bertz CT molecular complexity index is 339. The van der Waals surface area contributed by atoms with Crippen LogP contribution in [0.2, 0.25) is 0 Å². The van der Waals surface area contributed by atoms with Crippen molar-refractivity contribution in [2.45, 2.75) is 13.3 Å². The molecule has 0 aliphatic heterocycles. The summed E-state index contributed by atoms with van der Waals surface area (Å²) in [5.74, 6) is 1.47. The summed E-state index contributed by atoms with van der Waals surface area (Å²) in [7, 11) is 1.62. The number of carbonyl (C=O) groups is 1. The van der Waals surface area contributed by atoms with Crippen molar-refractivity contribution in [3.63, 3.8) is 0 Å². The van der Waals surface area contributed by atoms with Gasteiger partial charge in [-0.15, -0.1) is 0 Å². The Morgan fingerprint density at radius 3 is 2.81 bits per heavy atom. The normalized spacial score (nSPS) is 9.62. The van der Waals surface area contributed by atoms with Gasteiger partial charge in [0.15, 0.2) is 11.5 Å². The van der Waals surface area contributed by atoms with Crippen molar-refractivity contribution in [2.75, 3.05) is 20.3 Å². The molecule has 0 spiro atoms. The smallest absolute Gasteiger partial charge is 0.207 e. The molecule has 1 aromatic carbocycles. The highest BCUT2D eigenvalue weighted by molar-refractivity contribution is 5.46. The lowest BCUT2D eigenvalue weighted by molar-refractivity contribution is -0.109. The second-order valence-corrected chi connectivity index (χ2v) is 3.24. The van der Waals surface area contributed by atoms with Crippen molar-refractivity contribution >= 4 is 6.41 Å². The van der Waals surface area contributed by atoms with Gasteiger partial charge in [0.1, 0.15) is 0 Å². The van der Waals surface area contributed by atoms with Gasteiger partial charge in [0.05, 0.1) is 13.7 Å². The van der Waals surface area contributed by atoms with E-state index in [-0.39, 0.29) is 0 Å². The number of rotatable bonds is 7. The molecule has 0 saturated heterocycles. The SMILES string of the molecule is CCOc1ccc(CCNC=O)cc1OC. The van der Waals surface area contributed by atoms with E-state index in [4.69, 9.17) is 9.47 Å². The third-order valence-corrected chi connectivity index (χ3v) is 2.17. The highest BCUT2D eigenvalue weighted by atomic mass is 16.5. The van der Waals surface area contributed by atoms with E-state index in [1.165, 1.54) is 0 Å². The Morgan fingerprint density at radius 2 is 2.19 bits per heavy atom. The molecule has 0 aliphatic rings. The molecule has 0 fully saturated rings. The molecule has 4 nitrogen and oxygen atoms in total. The first kappa shape index (κ1) is 12.4. The number of benzene rings is 1. The zero-order chi connectivity index (χ0) is 11.8. The van der Waals surface area contributed by atoms with Crippen molar-refractivity contribution in [3.05, 3.63) is 23.8 Å². The fourth-order valence-electron chi connectivity index (χ4n) is 1.42. The Balaban J connectivity index is 2.70. The first-order chi connectivity index (χ1) is 7.81. The van der Waals surface area contributed by atoms with E-state index in [1.807, 2.05) is 25.1 Å². The Labute approximate surface area is 95.6 Å². The molecule has 1 rings (SSSR count). The van der Waals surface area contributed by atoms with E-state index in [9.17, 15) is 4.79 Å². The number of ether oxygens (including phenoxy) is 2.